The Kier molecular flexibility index (Phi) is 4.36. The van der Waals surface area contributed by atoms with E-state index in [1.165, 1.54) is 21.7 Å². The minimum Gasteiger partial charge on any atom is -0.379 e. The topological polar surface area (TPSA) is 66.9 Å². The highest BCUT2D eigenvalue weighted by molar-refractivity contribution is 7.88. The molecular formula is C23H26N2O4S. The van der Waals surface area contributed by atoms with Gasteiger partial charge in [0.15, 0.2) is 0 Å². The van der Waals surface area contributed by atoms with Crippen LogP contribution in [0.5, 0.6) is 0 Å². The molecule has 0 bridgehead atoms. The lowest BCUT2D eigenvalue weighted by Gasteiger charge is -2.60. The number of ether oxygens (including phenoxy) is 1. The number of fused-ring (bicyclic) bond motifs is 2. The third-order valence-electron chi connectivity index (χ3n) is 7.06. The molecule has 1 spiro atoms. The summed E-state index contributed by atoms with van der Waals surface area (Å²) in [5.74, 6) is -0.0501. The average Bonchev–Trinajstić information content (AvgIpc) is 3.44. The highest BCUT2D eigenvalue weighted by atomic mass is 32.2. The molecular weight excluding hydrogens is 400 g/mol. The molecule has 2 aromatic carbocycles. The van der Waals surface area contributed by atoms with E-state index in [-0.39, 0.29) is 36.1 Å². The van der Waals surface area contributed by atoms with Crippen LogP contribution in [-0.2, 0) is 19.6 Å². The summed E-state index contributed by atoms with van der Waals surface area (Å²) in [7, 11) is -1.73. The molecule has 2 heterocycles. The maximum atomic E-state index is 12.8. The quantitative estimate of drug-likeness (QED) is 0.753. The van der Waals surface area contributed by atoms with Crippen molar-refractivity contribution < 1.29 is 17.9 Å². The van der Waals surface area contributed by atoms with Crippen LogP contribution < -0.4 is 0 Å². The van der Waals surface area contributed by atoms with E-state index in [0.717, 1.165) is 17.5 Å². The lowest BCUT2D eigenvalue weighted by molar-refractivity contribution is -0.162. The molecule has 1 aliphatic carbocycles. The molecule has 7 heteroatoms. The van der Waals surface area contributed by atoms with Crippen LogP contribution in [0.25, 0.3) is 11.1 Å². The normalized spacial score (nSPS) is 30.8. The van der Waals surface area contributed by atoms with E-state index in [9.17, 15) is 13.2 Å². The standard InChI is InChI=1S/C23H26N2O4S/c1-15-6-4-5-7-18(15)16-8-10-17(11-9-16)22-19-13-24(30(3,27)28)14-21(26)25(19)23(22)12-20(23)29-2/h4-11,19-20,22H,12-14H2,1-3H3/t19-,20+,22+,23+/m0/s1. The fraction of sp³-hybridized carbons (Fsp3) is 0.435. The van der Waals surface area contributed by atoms with Crippen molar-refractivity contribution in [3.63, 3.8) is 0 Å². The van der Waals surface area contributed by atoms with Gasteiger partial charge in [0.05, 0.1) is 30.5 Å². The summed E-state index contributed by atoms with van der Waals surface area (Å²) in [6.07, 6.45) is 1.98. The molecule has 2 saturated heterocycles. The summed E-state index contributed by atoms with van der Waals surface area (Å²) in [5, 5.41) is 0. The van der Waals surface area contributed by atoms with Gasteiger partial charge in [-0.2, -0.15) is 4.31 Å². The lowest BCUT2D eigenvalue weighted by Crippen LogP contribution is -2.75. The second-order valence-electron chi connectivity index (χ2n) is 8.72. The van der Waals surface area contributed by atoms with Crippen molar-refractivity contribution in [2.24, 2.45) is 0 Å². The fourth-order valence-electron chi connectivity index (χ4n) is 5.60. The van der Waals surface area contributed by atoms with Crippen LogP contribution in [0.2, 0.25) is 0 Å². The number of aryl methyl sites for hydroxylation is 1. The second-order valence-corrected chi connectivity index (χ2v) is 10.7. The van der Waals surface area contributed by atoms with E-state index < -0.39 is 10.0 Å². The Morgan fingerprint density at radius 2 is 1.80 bits per heavy atom. The molecule has 0 radical (unpaired) electrons. The van der Waals surface area contributed by atoms with Crippen molar-refractivity contribution >= 4 is 15.9 Å². The second kappa shape index (κ2) is 6.64. The summed E-state index contributed by atoms with van der Waals surface area (Å²) in [6, 6.07) is 16.6. The summed E-state index contributed by atoms with van der Waals surface area (Å²) in [6.45, 7) is 2.36. The number of nitrogens with zero attached hydrogens (tertiary/aromatic N) is 2. The third-order valence-corrected chi connectivity index (χ3v) is 8.28. The van der Waals surface area contributed by atoms with Gasteiger partial charge in [-0.15, -0.1) is 0 Å². The number of methoxy groups -OCH3 is 1. The van der Waals surface area contributed by atoms with Crippen LogP contribution in [0.1, 0.15) is 23.5 Å². The number of piperazine rings is 1. The fourth-order valence-corrected chi connectivity index (χ4v) is 6.37. The molecule has 4 atom stereocenters. The highest BCUT2D eigenvalue weighted by Crippen LogP contribution is 2.64. The molecule has 1 amide bonds. The first-order chi connectivity index (χ1) is 14.3. The maximum absolute atomic E-state index is 12.8. The zero-order valence-corrected chi connectivity index (χ0v) is 18.2. The van der Waals surface area contributed by atoms with Crippen molar-refractivity contribution in [3.8, 4) is 11.1 Å². The Hall–Kier alpha value is -2.22. The summed E-state index contributed by atoms with van der Waals surface area (Å²) >= 11 is 0. The van der Waals surface area contributed by atoms with E-state index in [1.807, 2.05) is 17.0 Å². The molecule has 3 aliphatic rings. The van der Waals surface area contributed by atoms with Gasteiger partial charge in [0.25, 0.3) is 0 Å². The number of hydrogen-bond acceptors (Lipinski definition) is 4. The maximum Gasteiger partial charge on any atom is 0.238 e. The Morgan fingerprint density at radius 3 is 2.40 bits per heavy atom. The van der Waals surface area contributed by atoms with E-state index >= 15 is 0 Å². The van der Waals surface area contributed by atoms with Gasteiger partial charge in [-0.1, -0.05) is 48.5 Å². The Morgan fingerprint density at radius 1 is 1.10 bits per heavy atom. The van der Waals surface area contributed by atoms with Crippen LogP contribution in [0.4, 0.5) is 0 Å². The van der Waals surface area contributed by atoms with E-state index in [1.54, 1.807) is 7.11 Å². The molecule has 0 unspecified atom stereocenters. The van der Waals surface area contributed by atoms with Crippen LogP contribution in [0.15, 0.2) is 48.5 Å². The van der Waals surface area contributed by atoms with Crippen molar-refractivity contribution in [1.29, 1.82) is 0 Å². The molecule has 0 aromatic heterocycles. The predicted molar refractivity (Wildman–Crippen MR) is 115 cm³/mol. The Bertz CT molecular complexity index is 1110. The van der Waals surface area contributed by atoms with Crippen LogP contribution in [0.3, 0.4) is 0 Å². The van der Waals surface area contributed by atoms with Crippen molar-refractivity contribution in [3.05, 3.63) is 59.7 Å². The summed E-state index contributed by atoms with van der Waals surface area (Å²) in [4.78, 5) is 14.8. The number of benzene rings is 2. The molecule has 2 aliphatic heterocycles. The van der Waals surface area contributed by atoms with Gasteiger partial charge in [0.2, 0.25) is 15.9 Å². The van der Waals surface area contributed by atoms with Gasteiger partial charge in [-0.25, -0.2) is 8.42 Å². The van der Waals surface area contributed by atoms with Gasteiger partial charge >= 0.3 is 0 Å². The number of amides is 1. The first kappa shape index (κ1) is 19.7. The number of rotatable bonds is 4. The molecule has 2 aromatic rings. The van der Waals surface area contributed by atoms with Crippen molar-refractivity contribution in [1.82, 2.24) is 9.21 Å². The highest BCUT2D eigenvalue weighted by Gasteiger charge is 2.76. The number of sulfonamides is 1. The third kappa shape index (κ3) is 2.76. The van der Waals surface area contributed by atoms with Crippen LogP contribution in [-0.4, -0.2) is 67.7 Å². The van der Waals surface area contributed by atoms with Gasteiger partial charge < -0.3 is 9.64 Å². The molecule has 6 nitrogen and oxygen atoms in total. The van der Waals surface area contributed by atoms with Crippen LogP contribution >= 0.6 is 0 Å². The number of carbonyl (C=O) groups is 1. The number of hydrogen-bond donors (Lipinski definition) is 0. The molecule has 1 saturated carbocycles. The Labute approximate surface area is 177 Å². The van der Waals surface area contributed by atoms with Gasteiger partial charge in [-0.05, 0) is 29.2 Å². The molecule has 3 fully saturated rings. The SMILES string of the molecule is CO[C@@H]1C[C@]12[C@H](c1ccc(-c3ccccc3C)cc1)[C@@H]1CN(S(C)(=O)=O)CC(=O)N12. The van der Waals surface area contributed by atoms with Crippen molar-refractivity contribution in [2.45, 2.75) is 36.9 Å². The monoisotopic (exact) mass is 426 g/mol. The van der Waals surface area contributed by atoms with E-state index in [4.69, 9.17) is 4.74 Å². The van der Waals surface area contributed by atoms with Gasteiger partial charge in [-0.3, -0.25) is 4.79 Å². The summed E-state index contributed by atoms with van der Waals surface area (Å²) in [5.41, 5.74) is 4.38. The van der Waals surface area contributed by atoms with Gasteiger partial charge in [0, 0.05) is 26.0 Å². The number of carbonyl (C=O) groups excluding carboxylic acids is 1. The van der Waals surface area contributed by atoms with Crippen LogP contribution in [0, 0.1) is 6.92 Å². The molecule has 158 valence electrons. The minimum absolute atomic E-state index is 0.00327. The molecule has 0 N–H and O–H groups in total. The first-order valence-corrected chi connectivity index (χ1v) is 12.1. The van der Waals surface area contributed by atoms with Crippen molar-refractivity contribution in [2.75, 3.05) is 26.5 Å². The zero-order valence-electron chi connectivity index (χ0n) is 17.4. The van der Waals surface area contributed by atoms with E-state index in [2.05, 4.69) is 43.3 Å². The molecule has 30 heavy (non-hydrogen) atoms. The Balaban J connectivity index is 1.49. The van der Waals surface area contributed by atoms with Gasteiger partial charge in [0.1, 0.15) is 0 Å². The first-order valence-electron chi connectivity index (χ1n) is 10.2. The van der Waals surface area contributed by atoms with E-state index in [0.29, 0.717) is 6.54 Å². The predicted octanol–water partition coefficient (Wildman–Crippen LogP) is 2.39. The zero-order chi connectivity index (χ0) is 21.3. The largest absolute Gasteiger partial charge is 0.379 e. The molecule has 5 rings (SSSR count). The lowest BCUT2D eigenvalue weighted by atomic mass is 9.71. The summed E-state index contributed by atoms with van der Waals surface area (Å²) < 4.78 is 31.2. The minimum atomic E-state index is -3.42. The smallest absolute Gasteiger partial charge is 0.238 e. The average molecular weight is 427 g/mol.